The lowest BCUT2D eigenvalue weighted by atomic mass is 10.0. The number of aliphatic hydroxyl groups is 1. The third-order valence-electron chi connectivity index (χ3n) is 2.42. The second kappa shape index (κ2) is 7.84. The van der Waals surface area contributed by atoms with Gasteiger partial charge in [-0.05, 0) is 16.7 Å². The van der Waals surface area contributed by atoms with E-state index >= 15 is 0 Å². The van der Waals surface area contributed by atoms with E-state index in [1.165, 1.54) is 11.1 Å². The molecule has 3 heteroatoms. The molecular formula is C16H16O3. The van der Waals surface area contributed by atoms with Crippen LogP contribution in [0.3, 0.4) is 0 Å². The molecule has 3 nitrogen and oxygen atoms in total. The molecular weight excluding hydrogens is 240 g/mol. The van der Waals surface area contributed by atoms with E-state index in [2.05, 4.69) is 18.7 Å². The SMILES string of the molecule is C=CC(=O)O.OCc1ccc(-c2ccccc2)cc1. The van der Waals surface area contributed by atoms with Crippen molar-refractivity contribution in [1.29, 1.82) is 0 Å². The van der Waals surface area contributed by atoms with Crippen LogP contribution in [0.2, 0.25) is 0 Å². The maximum absolute atomic E-state index is 9.25. The van der Waals surface area contributed by atoms with E-state index in [0.29, 0.717) is 0 Å². The molecule has 0 heterocycles. The number of carbonyl (C=O) groups is 1. The van der Waals surface area contributed by atoms with Gasteiger partial charge >= 0.3 is 5.97 Å². The van der Waals surface area contributed by atoms with Crippen molar-refractivity contribution in [2.45, 2.75) is 6.61 Å². The highest BCUT2D eigenvalue weighted by molar-refractivity contribution is 5.78. The number of carboxylic acids is 1. The largest absolute Gasteiger partial charge is 0.478 e. The van der Waals surface area contributed by atoms with Crippen molar-refractivity contribution in [1.82, 2.24) is 0 Å². The van der Waals surface area contributed by atoms with Gasteiger partial charge in [0.25, 0.3) is 0 Å². The van der Waals surface area contributed by atoms with E-state index in [4.69, 9.17) is 10.2 Å². The van der Waals surface area contributed by atoms with Gasteiger partial charge in [-0.1, -0.05) is 61.2 Å². The van der Waals surface area contributed by atoms with E-state index in [1.54, 1.807) is 0 Å². The number of carboxylic acid groups (broad SMARTS) is 1. The lowest BCUT2D eigenvalue weighted by Gasteiger charge is -2.01. The zero-order valence-electron chi connectivity index (χ0n) is 10.5. The first-order valence-electron chi connectivity index (χ1n) is 5.78. The summed E-state index contributed by atoms with van der Waals surface area (Å²) in [4.78, 5) is 9.25. The molecule has 0 bridgehead atoms. The molecule has 0 aliphatic heterocycles. The van der Waals surface area contributed by atoms with Crippen LogP contribution in [0.5, 0.6) is 0 Å². The Morgan fingerprint density at radius 3 is 1.89 bits per heavy atom. The molecule has 2 N–H and O–H groups in total. The standard InChI is InChI=1S/C13H12O.C3H4O2/c14-10-11-6-8-13(9-7-11)12-4-2-1-3-5-12;1-2-3(4)5/h1-9,14H,10H2;2H,1H2,(H,4,5). The summed E-state index contributed by atoms with van der Waals surface area (Å²) < 4.78 is 0. The quantitative estimate of drug-likeness (QED) is 0.830. The van der Waals surface area contributed by atoms with Crippen LogP contribution in [0, 0.1) is 0 Å². The summed E-state index contributed by atoms with van der Waals surface area (Å²) in [7, 11) is 0. The average molecular weight is 256 g/mol. The topological polar surface area (TPSA) is 57.5 Å². The van der Waals surface area contributed by atoms with Crippen molar-refractivity contribution in [3.05, 3.63) is 72.8 Å². The zero-order chi connectivity index (χ0) is 14.1. The maximum atomic E-state index is 9.25. The van der Waals surface area contributed by atoms with Crippen LogP contribution >= 0.6 is 0 Å². The Morgan fingerprint density at radius 2 is 1.47 bits per heavy atom. The smallest absolute Gasteiger partial charge is 0.327 e. The first-order chi connectivity index (χ1) is 9.17. The van der Waals surface area contributed by atoms with Gasteiger partial charge in [0.1, 0.15) is 0 Å². The van der Waals surface area contributed by atoms with E-state index in [1.807, 2.05) is 42.5 Å². The summed E-state index contributed by atoms with van der Waals surface area (Å²) in [6, 6.07) is 18.2. The van der Waals surface area contributed by atoms with Crippen LogP contribution in [-0.2, 0) is 11.4 Å². The molecule has 0 aliphatic carbocycles. The predicted molar refractivity (Wildman–Crippen MR) is 75.6 cm³/mol. The van der Waals surface area contributed by atoms with E-state index < -0.39 is 5.97 Å². The Balaban J connectivity index is 0.000000312. The number of benzene rings is 2. The summed E-state index contributed by atoms with van der Waals surface area (Å²) >= 11 is 0. The molecule has 0 fully saturated rings. The highest BCUT2D eigenvalue weighted by Gasteiger charge is 1.95. The Bertz CT molecular complexity index is 515. The number of rotatable bonds is 3. The first kappa shape index (κ1) is 14.7. The molecule has 0 aromatic heterocycles. The van der Waals surface area contributed by atoms with E-state index in [0.717, 1.165) is 11.6 Å². The average Bonchev–Trinajstić information content (AvgIpc) is 2.49. The molecule has 0 radical (unpaired) electrons. The number of hydrogen-bond donors (Lipinski definition) is 2. The van der Waals surface area contributed by atoms with Crippen LogP contribution < -0.4 is 0 Å². The van der Waals surface area contributed by atoms with Gasteiger partial charge in [-0.2, -0.15) is 0 Å². The summed E-state index contributed by atoms with van der Waals surface area (Å²) in [6.07, 6.45) is 0.833. The molecule has 0 spiro atoms. The number of aliphatic carboxylic acids is 1. The molecule has 0 unspecified atom stereocenters. The van der Waals surface area contributed by atoms with Gasteiger partial charge in [0, 0.05) is 6.08 Å². The van der Waals surface area contributed by atoms with Crippen LogP contribution in [0.1, 0.15) is 5.56 Å². The molecule has 2 rings (SSSR count). The van der Waals surface area contributed by atoms with Crippen LogP contribution in [0.25, 0.3) is 11.1 Å². The second-order valence-corrected chi connectivity index (χ2v) is 3.76. The highest BCUT2D eigenvalue weighted by Crippen LogP contribution is 2.18. The molecule has 19 heavy (non-hydrogen) atoms. The third kappa shape index (κ3) is 5.19. The minimum Gasteiger partial charge on any atom is -0.478 e. The van der Waals surface area contributed by atoms with Gasteiger partial charge in [-0.25, -0.2) is 4.79 Å². The van der Waals surface area contributed by atoms with Gasteiger partial charge < -0.3 is 10.2 Å². The minimum absolute atomic E-state index is 0.106. The lowest BCUT2D eigenvalue weighted by molar-refractivity contribution is -0.131. The highest BCUT2D eigenvalue weighted by atomic mass is 16.4. The molecule has 2 aromatic carbocycles. The van der Waals surface area contributed by atoms with Crippen molar-refractivity contribution < 1.29 is 15.0 Å². The van der Waals surface area contributed by atoms with Crippen molar-refractivity contribution in [2.75, 3.05) is 0 Å². The monoisotopic (exact) mass is 256 g/mol. The van der Waals surface area contributed by atoms with E-state index in [9.17, 15) is 4.79 Å². The molecule has 0 saturated heterocycles. The Kier molecular flexibility index (Phi) is 6.06. The summed E-state index contributed by atoms with van der Waals surface area (Å²) in [6.45, 7) is 3.07. The Labute approximate surface area is 112 Å². The fraction of sp³-hybridized carbons (Fsp3) is 0.0625. The minimum atomic E-state index is -0.981. The second-order valence-electron chi connectivity index (χ2n) is 3.76. The summed E-state index contributed by atoms with van der Waals surface area (Å²) in [5.41, 5.74) is 3.34. The fourth-order valence-corrected chi connectivity index (χ4v) is 1.43. The lowest BCUT2D eigenvalue weighted by Crippen LogP contribution is -1.82. The zero-order valence-corrected chi connectivity index (χ0v) is 10.5. The van der Waals surface area contributed by atoms with Gasteiger partial charge in [0.05, 0.1) is 6.61 Å². The van der Waals surface area contributed by atoms with E-state index in [-0.39, 0.29) is 6.61 Å². The molecule has 2 aromatic rings. The normalized spacial score (nSPS) is 9.11. The summed E-state index contributed by atoms with van der Waals surface area (Å²) in [5, 5.41) is 16.5. The predicted octanol–water partition coefficient (Wildman–Crippen LogP) is 3.10. The maximum Gasteiger partial charge on any atom is 0.327 e. The van der Waals surface area contributed by atoms with Crippen LogP contribution in [0.15, 0.2) is 67.3 Å². The first-order valence-corrected chi connectivity index (χ1v) is 5.78. The Hall–Kier alpha value is -2.39. The molecule has 98 valence electrons. The summed E-state index contributed by atoms with van der Waals surface area (Å²) in [5.74, 6) is -0.981. The van der Waals surface area contributed by atoms with Crippen molar-refractivity contribution in [3.63, 3.8) is 0 Å². The molecule has 0 atom stereocenters. The van der Waals surface area contributed by atoms with Gasteiger partial charge in [0.15, 0.2) is 0 Å². The van der Waals surface area contributed by atoms with Crippen LogP contribution in [-0.4, -0.2) is 16.2 Å². The van der Waals surface area contributed by atoms with Crippen molar-refractivity contribution in [2.24, 2.45) is 0 Å². The number of aliphatic hydroxyl groups excluding tert-OH is 1. The van der Waals surface area contributed by atoms with Gasteiger partial charge in [-0.15, -0.1) is 0 Å². The molecule has 0 amide bonds. The molecule has 0 aliphatic rings. The number of hydrogen-bond acceptors (Lipinski definition) is 2. The third-order valence-corrected chi connectivity index (χ3v) is 2.42. The van der Waals surface area contributed by atoms with Crippen molar-refractivity contribution in [3.8, 4) is 11.1 Å². The van der Waals surface area contributed by atoms with Crippen LogP contribution in [0.4, 0.5) is 0 Å². The van der Waals surface area contributed by atoms with Gasteiger partial charge in [-0.3, -0.25) is 0 Å². The fourth-order valence-electron chi connectivity index (χ4n) is 1.43. The van der Waals surface area contributed by atoms with Crippen molar-refractivity contribution >= 4 is 5.97 Å². The Morgan fingerprint density at radius 1 is 1.00 bits per heavy atom. The molecule has 0 saturated carbocycles. The van der Waals surface area contributed by atoms with Gasteiger partial charge in [0.2, 0.25) is 0 Å².